The van der Waals surface area contributed by atoms with Gasteiger partial charge in [-0.3, -0.25) is 14.9 Å². The number of anilines is 1. The fourth-order valence-corrected chi connectivity index (χ4v) is 2.59. The zero-order valence-corrected chi connectivity index (χ0v) is 13.1. The highest BCUT2D eigenvalue weighted by molar-refractivity contribution is 6.37. The first-order chi connectivity index (χ1) is 11.0. The molecule has 0 radical (unpaired) electrons. The molecule has 2 aromatic carbocycles. The fourth-order valence-electron chi connectivity index (χ4n) is 2.22. The van der Waals surface area contributed by atoms with Gasteiger partial charge in [-0.1, -0.05) is 35.3 Å². The van der Waals surface area contributed by atoms with Crippen LogP contribution in [0.1, 0.15) is 5.56 Å². The van der Waals surface area contributed by atoms with Crippen molar-refractivity contribution in [3.63, 3.8) is 0 Å². The highest BCUT2D eigenvalue weighted by Gasteiger charge is 2.31. The van der Waals surface area contributed by atoms with E-state index in [-0.39, 0.29) is 22.0 Å². The lowest BCUT2D eigenvalue weighted by Crippen LogP contribution is -2.24. The zero-order valence-electron chi connectivity index (χ0n) is 11.6. The first kappa shape index (κ1) is 15.4. The SMILES string of the molecule is O=C1NC(=O)C(c2cccc(Cl)c2)=C1Nc1ccc(O)c(Cl)c1. The van der Waals surface area contributed by atoms with E-state index in [0.717, 1.165) is 0 Å². The monoisotopic (exact) mass is 348 g/mol. The van der Waals surface area contributed by atoms with Crippen LogP contribution in [0, 0.1) is 0 Å². The molecule has 0 atom stereocenters. The lowest BCUT2D eigenvalue weighted by Gasteiger charge is -2.09. The molecule has 0 unspecified atom stereocenters. The average molecular weight is 349 g/mol. The minimum Gasteiger partial charge on any atom is -0.506 e. The Bertz CT molecular complexity index is 862. The van der Waals surface area contributed by atoms with E-state index in [1.165, 1.54) is 12.1 Å². The summed E-state index contributed by atoms with van der Waals surface area (Å²) in [6.07, 6.45) is 0. The molecule has 0 saturated carbocycles. The van der Waals surface area contributed by atoms with E-state index in [1.54, 1.807) is 30.3 Å². The molecule has 2 aromatic rings. The Morgan fingerprint density at radius 2 is 1.78 bits per heavy atom. The Morgan fingerprint density at radius 3 is 2.48 bits per heavy atom. The van der Waals surface area contributed by atoms with Gasteiger partial charge in [0.25, 0.3) is 11.8 Å². The van der Waals surface area contributed by atoms with E-state index in [1.807, 2.05) is 0 Å². The van der Waals surface area contributed by atoms with Gasteiger partial charge in [-0.2, -0.15) is 0 Å². The largest absolute Gasteiger partial charge is 0.506 e. The maximum absolute atomic E-state index is 12.1. The molecule has 1 aliphatic rings. The number of aromatic hydroxyl groups is 1. The minimum atomic E-state index is -0.547. The van der Waals surface area contributed by atoms with E-state index >= 15 is 0 Å². The number of rotatable bonds is 3. The van der Waals surface area contributed by atoms with Crippen LogP contribution in [-0.4, -0.2) is 16.9 Å². The van der Waals surface area contributed by atoms with Crippen molar-refractivity contribution in [1.82, 2.24) is 5.32 Å². The molecule has 116 valence electrons. The van der Waals surface area contributed by atoms with Gasteiger partial charge >= 0.3 is 0 Å². The van der Waals surface area contributed by atoms with Gasteiger partial charge in [-0.25, -0.2) is 0 Å². The summed E-state index contributed by atoms with van der Waals surface area (Å²) < 4.78 is 0. The number of nitrogens with one attached hydrogen (secondary N) is 2. The summed E-state index contributed by atoms with van der Waals surface area (Å²) in [5.41, 5.74) is 1.28. The van der Waals surface area contributed by atoms with Crippen molar-refractivity contribution < 1.29 is 14.7 Å². The summed E-state index contributed by atoms with van der Waals surface area (Å²) in [5, 5.41) is 15.1. The molecule has 0 aliphatic carbocycles. The van der Waals surface area contributed by atoms with Crippen LogP contribution in [-0.2, 0) is 9.59 Å². The second-order valence-electron chi connectivity index (χ2n) is 4.83. The van der Waals surface area contributed by atoms with Crippen molar-refractivity contribution in [2.24, 2.45) is 0 Å². The molecule has 7 heteroatoms. The van der Waals surface area contributed by atoms with Crippen LogP contribution in [0.25, 0.3) is 5.57 Å². The molecular formula is C16H10Cl2N2O3. The molecule has 0 fully saturated rings. The molecule has 1 heterocycles. The van der Waals surface area contributed by atoms with Crippen molar-refractivity contribution in [2.75, 3.05) is 5.32 Å². The Balaban J connectivity index is 2.06. The predicted molar refractivity (Wildman–Crippen MR) is 88.3 cm³/mol. The molecule has 3 N–H and O–H groups in total. The maximum Gasteiger partial charge on any atom is 0.275 e. The number of hydrogen-bond donors (Lipinski definition) is 3. The summed E-state index contributed by atoms with van der Waals surface area (Å²) in [4.78, 5) is 24.1. The van der Waals surface area contributed by atoms with Crippen LogP contribution in [0.5, 0.6) is 5.75 Å². The van der Waals surface area contributed by atoms with Gasteiger partial charge in [-0.05, 0) is 35.9 Å². The highest BCUT2D eigenvalue weighted by Crippen LogP contribution is 2.30. The number of hydrogen-bond acceptors (Lipinski definition) is 4. The third kappa shape index (κ3) is 3.02. The Morgan fingerprint density at radius 1 is 1.00 bits per heavy atom. The Labute approximate surface area is 141 Å². The number of amides is 2. The van der Waals surface area contributed by atoms with Crippen molar-refractivity contribution in [2.45, 2.75) is 0 Å². The van der Waals surface area contributed by atoms with Crippen LogP contribution in [0.2, 0.25) is 10.0 Å². The van der Waals surface area contributed by atoms with Gasteiger partial charge in [-0.15, -0.1) is 0 Å². The molecule has 3 rings (SSSR count). The van der Waals surface area contributed by atoms with Gasteiger partial charge in [0, 0.05) is 10.7 Å². The molecule has 5 nitrogen and oxygen atoms in total. The highest BCUT2D eigenvalue weighted by atomic mass is 35.5. The third-order valence-corrected chi connectivity index (χ3v) is 3.80. The van der Waals surface area contributed by atoms with Crippen LogP contribution < -0.4 is 10.6 Å². The van der Waals surface area contributed by atoms with Gasteiger partial charge < -0.3 is 10.4 Å². The number of phenolic OH excluding ortho intramolecular Hbond substituents is 1. The molecule has 0 saturated heterocycles. The van der Waals surface area contributed by atoms with E-state index in [0.29, 0.717) is 16.3 Å². The van der Waals surface area contributed by atoms with E-state index < -0.39 is 11.8 Å². The predicted octanol–water partition coefficient (Wildman–Crippen LogP) is 3.18. The molecule has 0 spiro atoms. The van der Waals surface area contributed by atoms with Gasteiger partial charge in [0.2, 0.25) is 0 Å². The maximum atomic E-state index is 12.1. The van der Waals surface area contributed by atoms with Gasteiger partial charge in [0.05, 0.1) is 10.6 Å². The standard InChI is InChI=1S/C16H10Cl2N2O3/c17-9-3-1-2-8(6-9)13-14(16(23)20-15(13)22)19-10-4-5-12(21)11(18)7-10/h1-7,21H,(H2,19,20,22,23). The van der Waals surface area contributed by atoms with E-state index in [2.05, 4.69) is 10.6 Å². The number of phenols is 1. The summed E-state index contributed by atoms with van der Waals surface area (Å²) in [6.45, 7) is 0. The summed E-state index contributed by atoms with van der Waals surface area (Å²) in [6, 6.07) is 11.0. The average Bonchev–Trinajstić information content (AvgIpc) is 2.77. The summed E-state index contributed by atoms with van der Waals surface area (Å²) >= 11 is 11.8. The lowest BCUT2D eigenvalue weighted by molar-refractivity contribution is -0.123. The number of carbonyl (C=O) groups is 2. The zero-order chi connectivity index (χ0) is 16.6. The Hall–Kier alpha value is -2.50. The lowest BCUT2D eigenvalue weighted by atomic mass is 10.0. The normalized spacial score (nSPS) is 14.2. The minimum absolute atomic E-state index is 0.0757. The van der Waals surface area contributed by atoms with Crippen molar-refractivity contribution >= 4 is 46.3 Å². The first-order valence-electron chi connectivity index (χ1n) is 6.57. The van der Waals surface area contributed by atoms with Crippen molar-refractivity contribution in [1.29, 1.82) is 0 Å². The smallest absolute Gasteiger partial charge is 0.275 e. The second-order valence-corrected chi connectivity index (χ2v) is 5.68. The van der Waals surface area contributed by atoms with E-state index in [4.69, 9.17) is 23.2 Å². The number of benzene rings is 2. The molecule has 1 aliphatic heterocycles. The van der Waals surface area contributed by atoms with Crippen LogP contribution >= 0.6 is 23.2 Å². The van der Waals surface area contributed by atoms with Crippen LogP contribution in [0.3, 0.4) is 0 Å². The number of halogens is 2. The Kier molecular flexibility index (Phi) is 3.98. The molecule has 23 heavy (non-hydrogen) atoms. The summed E-state index contributed by atoms with van der Waals surface area (Å²) in [7, 11) is 0. The van der Waals surface area contributed by atoms with E-state index in [9.17, 15) is 14.7 Å². The topological polar surface area (TPSA) is 78.4 Å². The van der Waals surface area contributed by atoms with Crippen LogP contribution in [0.4, 0.5) is 5.69 Å². The van der Waals surface area contributed by atoms with Gasteiger partial charge in [0.1, 0.15) is 11.4 Å². The summed E-state index contributed by atoms with van der Waals surface area (Å²) in [5.74, 6) is -1.13. The van der Waals surface area contributed by atoms with Crippen molar-refractivity contribution in [3.05, 3.63) is 63.8 Å². The quantitative estimate of drug-likeness (QED) is 0.588. The fraction of sp³-hybridized carbons (Fsp3) is 0. The molecule has 0 aromatic heterocycles. The van der Waals surface area contributed by atoms with Crippen LogP contribution in [0.15, 0.2) is 48.2 Å². The van der Waals surface area contributed by atoms with Crippen molar-refractivity contribution in [3.8, 4) is 5.75 Å². The second kappa shape index (κ2) is 5.95. The van der Waals surface area contributed by atoms with Gasteiger partial charge in [0.15, 0.2) is 0 Å². The number of imide groups is 1. The molecule has 2 amide bonds. The molecular weight excluding hydrogens is 339 g/mol. The number of carbonyl (C=O) groups excluding carboxylic acids is 2. The molecule has 0 bridgehead atoms. The third-order valence-electron chi connectivity index (χ3n) is 3.26. The first-order valence-corrected chi connectivity index (χ1v) is 7.33.